The zero-order valence-corrected chi connectivity index (χ0v) is 27.2. The molecular formula is C38H52N2O4. The first-order chi connectivity index (χ1) is 21.4. The Morgan fingerprint density at radius 3 is 2.43 bits per heavy atom. The SMILES string of the molecule is COc1ccc2c3c1O[C@H]1[C@@H](N(C)C(=O)CCCCCCCCCCc4ccccc4)CC[C@H]4[C@@H](C2)N(CC(C)=O)CC[C@@]341. The number of methoxy groups -OCH3 is 1. The molecule has 0 N–H and O–H groups in total. The molecule has 2 fully saturated rings. The van der Waals surface area contributed by atoms with Crippen molar-refractivity contribution in [1.82, 2.24) is 9.80 Å². The van der Waals surface area contributed by atoms with Crippen LogP contribution < -0.4 is 9.47 Å². The molecule has 2 aromatic carbocycles. The van der Waals surface area contributed by atoms with Crippen LogP contribution >= 0.6 is 0 Å². The molecule has 1 spiro atoms. The number of piperidine rings is 1. The van der Waals surface area contributed by atoms with E-state index in [9.17, 15) is 9.59 Å². The van der Waals surface area contributed by atoms with Crippen molar-refractivity contribution in [3.8, 4) is 11.5 Å². The third kappa shape index (κ3) is 5.91. The number of aryl methyl sites for hydroxylation is 1. The van der Waals surface area contributed by atoms with Crippen LogP contribution in [-0.2, 0) is 27.8 Å². The van der Waals surface area contributed by atoms with Crippen LogP contribution in [0.2, 0.25) is 0 Å². The number of hydrogen-bond acceptors (Lipinski definition) is 5. The standard InChI is InChI=1S/C38H52N2O4/c1-27(41)26-40-24-23-38-30-20-21-31(37(38)44-36-33(43-3)22-19-29(35(36)38)25-32(30)40)39(2)34(42)18-14-9-7-5-4-6-8-11-15-28-16-12-10-13-17-28/h10,12-13,16-17,19,22,30-32,37H,4-9,11,14-15,18,20-21,23-26H2,1-3H3/t30-,31-,32+,37-,38-/m0/s1. The second kappa shape index (κ2) is 13.6. The molecule has 6 nitrogen and oxygen atoms in total. The molecule has 6 heteroatoms. The topological polar surface area (TPSA) is 59.1 Å². The van der Waals surface area contributed by atoms with Crippen molar-refractivity contribution in [2.24, 2.45) is 5.92 Å². The number of nitrogens with zero attached hydrogens (tertiary/aromatic N) is 2. The van der Waals surface area contributed by atoms with Gasteiger partial charge in [-0.1, -0.05) is 74.9 Å². The second-order valence-corrected chi connectivity index (χ2v) is 14.0. The summed E-state index contributed by atoms with van der Waals surface area (Å²) < 4.78 is 12.7. The molecular weight excluding hydrogens is 548 g/mol. The molecule has 1 amide bonds. The minimum absolute atomic E-state index is 0.0534. The number of carbonyl (C=O) groups is 2. The predicted octanol–water partition coefficient (Wildman–Crippen LogP) is 6.90. The Hall–Kier alpha value is -2.86. The molecule has 44 heavy (non-hydrogen) atoms. The zero-order valence-electron chi connectivity index (χ0n) is 27.2. The number of amides is 1. The first-order valence-electron chi connectivity index (χ1n) is 17.3. The minimum Gasteiger partial charge on any atom is -0.493 e. The summed E-state index contributed by atoms with van der Waals surface area (Å²) in [7, 11) is 3.73. The Balaban J connectivity index is 1.02. The van der Waals surface area contributed by atoms with Gasteiger partial charge in [-0.2, -0.15) is 0 Å². The van der Waals surface area contributed by atoms with E-state index in [4.69, 9.17) is 9.47 Å². The van der Waals surface area contributed by atoms with Gasteiger partial charge in [0, 0.05) is 30.5 Å². The van der Waals surface area contributed by atoms with E-state index in [2.05, 4.69) is 41.3 Å². The average Bonchev–Trinajstić information content (AvgIpc) is 3.38. The van der Waals surface area contributed by atoms with Crippen molar-refractivity contribution in [3.63, 3.8) is 0 Å². The summed E-state index contributed by atoms with van der Waals surface area (Å²) in [4.78, 5) is 30.2. The van der Waals surface area contributed by atoms with Crippen molar-refractivity contribution >= 4 is 11.7 Å². The highest BCUT2D eigenvalue weighted by molar-refractivity contribution is 5.78. The van der Waals surface area contributed by atoms with Gasteiger partial charge in [-0.05, 0) is 81.5 Å². The van der Waals surface area contributed by atoms with Crippen LogP contribution in [0.25, 0.3) is 0 Å². The van der Waals surface area contributed by atoms with Crippen LogP contribution in [0.1, 0.15) is 101 Å². The number of rotatable bonds is 15. The van der Waals surface area contributed by atoms with E-state index in [0.717, 1.165) is 56.6 Å². The molecule has 5 atom stereocenters. The van der Waals surface area contributed by atoms with E-state index < -0.39 is 0 Å². The number of likely N-dealkylation sites (tertiary alicyclic amines) is 1. The van der Waals surface area contributed by atoms with E-state index in [1.807, 2.05) is 18.0 Å². The fraction of sp³-hybridized carbons (Fsp3) is 0.632. The first-order valence-corrected chi connectivity index (χ1v) is 17.3. The largest absolute Gasteiger partial charge is 0.493 e. The fourth-order valence-corrected chi connectivity index (χ4v) is 9.30. The van der Waals surface area contributed by atoms with Crippen LogP contribution in [0.15, 0.2) is 42.5 Å². The van der Waals surface area contributed by atoms with Gasteiger partial charge in [-0.3, -0.25) is 14.5 Å². The number of carbonyl (C=O) groups excluding carboxylic acids is 2. The molecule has 1 saturated carbocycles. The number of unbranched alkanes of at least 4 members (excludes halogenated alkanes) is 7. The van der Waals surface area contributed by atoms with Crippen LogP contribution in [0.4, 0.5) is 0 Å². The van der Waals surface area contributed by atoms with Crippen LogP contribution in [0, 0.1) is 5.92 Å². The van der Waals surface area contributed by atoms with Crippen molar-refractivity contribution in [1.29, 1.82) is 0 Å². The lowest BCUT2D eigenvalue weighted by atomic mass is 9.51. The Kier molecular flexibility index (Phi) is 9.65. The number of ether oxygens (including phenoxy) is 2. The zero-order chi connectivity index (χ0) is 30.7. The summed E-state index contributed by atoms with van der Waals surface area (Å²) in [5.41, 5.74) is 4.01. The maximum Gasteiger partial charge on any atom is 0.222 e. The van der Waals surface area contributed by atoms with Crippen molar-refractivity contribution in [3.05, 3.63) is 59.2 Å². The van der Waals surface area contributed by atoms with Gasteiger partial charge in [-0.15, -0.1) is 0 Å². The third-order valence-corrected chi connectivity index (χ3v) is 11.4. The molecule has 1 saturated heterocycles. The predicted molar refractivity (Wildman–Crippen MR) is 174 cm³/mol. The molecule has 2 aliphatic heterocycles. The maximum absolute atomic E-state index is 13.6. The molecule has 2 bridgehead atoms. The van der Waals surface area contributed by atoms with E-state index in [0.29, 0.717) is 24.9 Å². The monoisotopic (exact) mass is 600 g/mol. The van der Waals surface area contributed by atoms with E-state index in [1.165, 1.54) is 61.6 Å². The molecule has 2 aromatic rings. The Morgan fingerprint density at radius 2 is 1.70 bits per heavy atom. The van der Waals surface area contributed by atoms with E-state index >= 15 is 0 Å². The van der Waals surface area contributed by atoms with Crippen LogP contribution in [-0.4, -0.2) is 66.9 Å². The molecule has 238 valence electrons. The van der Waals surface area contributed by atoms with Gasteiger partial charge in [-0.25, -0.2) is 0 Å². The van der Waals surface area contributed by atoms with Crippen LogP contribution in [0.5, 0.6) is 11.5 Å². The number of hydrogen-bond donors (Lipinski definition) is 0. The molecule has 2 heterocycles. The highest BCUT2D eigenvalue weighted by Crippen LogP contribution is 2.64. The lowest BCUT2D eigenvalue weighted by molar-refractivity contribution is -0.141. The summed E-state index contributed by atoms with van der Waals surface area (Å²) in [6, 6.07) is 15.4. The lowest BCUT2D eigenvalue weighted by Crippen LogP contribution is -2.69. The maximum atomic E-state index is 13.6. The quantitative estimate of drug-likeness (QED) is 0.208. The summed E-state index contributed by atoms with van der Waals surface area (Å²) in [5, 5.41) is 0. The normalized spacial score (nSPS) is 26.5. The molecule has 0 radical (unpaired) electrons. The third-order valence-electron chi connectivity index (χ3n) is 11.4. The van der Waals surface area contributed by atoms with Crippen LogP contribution in [0.3, 0.4) is 0 Å². The smallest absolute Gasteiger partial charge is 0.222 e. The summed E-state index contributed by atoms with van der Waals surface area (Å²) in [6.45, 7) is 3.13. The average molecular weight is 601 g/mol. The summed E-state index contributed by atoms with van der Waals surface area (Å²) >= 11 is 0. The van der Waals surface area contributed by atoms with Gasteiger partial charge in [0.15, 0.2) is 11.5 Å². The highest BCUT2D eigenvalue weighted by Gasteiger charge is 2.66. The van der Waals surface area contributed by atoms with Crippen molar-refractivity contribution in [2.45, 2.75) is 120 Å². The number of Topliss-reactive ketones (excluding diaryl/α,β-unsaturated/α-hetero) is 1. The van der Waals surface area contributed by atoms with Gasteiger partial charge < -0.3 is 14.4 Å². The Labute approximate surface area is 264 Å². The minimum atomic E-state index is -0.117. The molecule has 0 unspecified atom stereocenters. The van der Waals surface area contributed by atoms with Gasteiger partial charge >= 0.3 is 0 Å². The molecule has 6 rings (SSSR count). The van der Waals surface area contributed by atoms with Gasteiger partial charge in [0.2, 0.25) is 5.91 Å². The fourth-order valence-electron chi connectivity index (χ4n) is 9.30. The van der Waals surface area contributed by atoms with Crippen molar-refractivity contribution < 1.29 is 19.1 Å². The molecule has 0 aromatic heterocycles. The Bertz CT molecular complexity index is 1310. The van der Waals surface area contributed by atoms with Gasteiger partial charge in [0.25, 0.3) is 0 Å². The second-order valence-electron chi connectivity index (χ2n) is 14.0. The highest BCUT2D eigenvalue weighted by atomic mass is 16.5. The Morgan fingerprint density at radius 1 is 0.977 bits per heavy atom. The number of ketones is 1. The first kappa shape index (κ1) is 31.1. The molecule has 4 aliphatic rings. The number of likely N-dealkylation sites (N-methyl/N-ethyl adjacent to an activating group) is 1. The summed E-state index contributed by atoms with van der Waals surface area (Å²) in [6.07, 6.45) is 15.4. The molecule has 2 aliphatic carbocycles. The lowest BCUT2D eigenvalue weighted by Gasteiger charge is -2.60. The summed E-state index contributed by atoms with van der Waals surface area (Å²) in [5.74, 6) is 2.63. The van der Waals surface area contributed by atoms with E-state index in [-0.39, 0.29) is 29.3 Å². The van der Waals surface area contributed by atoms with E-state index in [1.54, 1.807) is 14.0 Å². The van der Waals surface area contributed by atoms with Crippen molar-refractivity contribution in [2.75, 3.05) is 27.2 Å². The van der Waals surface area contributed by atoms with Gasteiger partial charge in [0.05, 0.1) is 19.7 Å². The van der Waals surface area contributed by atoms with Gasteiger partial charge in [0.1, 0.15) is 11.9 Å². The number of benzene rings is 2.